The number of aliphatic hydroxyl groups is 1. The molecule has 2 atom stereocenters. The Morgan fingerprint density at radius 3 is 2.71 bits per heavy atom. The number of oxime groups is 1. The molecule has 74 valence electrons. The molecule has 4 nitrogen and oxygen atoms in total. The third kappa shape index (κ3) is 1.49. The molecule has 14 heavy (non-hydrogen) atoms. The van der Waals surface area contributed by atoms with Crippen molar-refractivity contribution >= 4 is 5.71 Å². The van der Waals surface area contributed by atoms with E-state index >= 15 is 0 Å². The summed E-state index contributed by atoms with van der Waals surface area (Å²) in [6, 6.07) is 9.50. The highest BCUT2D eigenvalue weighted by Crippen LogP contribution is 2.17. The number of methoxy groups -OCH3 is 1. The first-order valence-corrected chi connectivity index (χ1v) is 4.33. The van der Waals surface area contributed by atoms with E-state index in [0.29, 0.717) is 5.71 Å². The van der Waals surface area contributed by atoms with Crippen molar-refractivity contribution in [1.29, 1.82) is 0 Å². The highest BCUT2D eigenvalue weighted by molar-refractivity contribution is 6.04. The summed E-state index contributed by atoms with van der Waals surface area (Å²) in [7, 11) is 1.51. The Morgan fingerprint density at radius 1 is 1.36 bits per heavy atom. The predicted molar refractivity (Wildman–Crippen MR) is 50.9 cm³/mol. The molecule has 1 N–H and O–H groups in total. The van der Waals surface area contributed by atoms with E-state index in [1.54, 1.807) is 0 Å². The van der Waals surface area contributed by atoms with Gasteiger partial charge in [0, 0.05) is 12.7 Å². The van der Waals surface area contributed by atoms with Gasteiger partial charge in [-0.2, -0.15) is 0 Å². The number of hydrogen-bond acceptors (Lipinski definition) is 4. The van der Waals surface area contributed by atoms with Gasteiger partial charge in [-0.3, -0.25) is 0 Å². The summed E-state index contributed by atoms with van der Waals surface area (Å²) in [5.41, 5.74) is 1.52. The molecular formula is C10H11NO3. The van der Waals surface area contributed by atoms with Crippen LogP contribution in [0.25, 0.3) is 0 Å². The van der Waals surface area contributed by atoms with Gasteiger partial charge in [0.05, 0.1) is 0 Å². The zero-order valence-corrected chi connectivity index (χ0v) is 7.75. The van der Waals surface area contributed by atoms with Crippen LogP contribution >= 0.6 is 0 Å². The predicted octanol–water partition coefficient (Wildman–Crippen LogP) is 0.754. The molecule has 0 unspecified atom stereocenters. The zero-order chi connectivity index (χ0) is 9.97. The van der Waals surface area contributed by atoms with Crippen LogP contribution in [0.15, 0.2) is 35.5 Å². The lowest BCUT2D eigenvalue weighted by Gasteiger charge is -2.11. The van der Waals surface area contributed by atoms with Crippen LogP contribution < -0.4 is 0 Å². The maximum absolute atomic E-state index is 9.36. The van der Waals surface area contributed by atoms with Crippen LogP contribution in [0, 0.1) is 0 Å². The molecule has 4 heteroatoms. The van der Waals surface area contributed by atoms with Gasteiger partial charge in [0.25, 0.3) is 6.29 Å². The lowest BCUT2D eigenvalue weighted by molar-refractivity contribution is -0.129. The second-order valence-electron chi connectivity index (χ2n) is 2.99. The lowest BCUT2D eigenvalue weighted by Crippen LogP contribution is -2.31. The Labute approximate surface area is 81.8 Å². The molecule has 1 aromatic carbocycles. The van der Waals surface area contributed by atoms with E-state index in [1.165, 1.54) is 7.11 Å². The molecule has 0 radical (unpaired) electrons. The Hall–Kier alpha value is -1.39. The first-order chi connectivity index (χ1) is 6.83. The summed E-state index contributed by atoms with van der Waals surface area (Å²) in [4.78, 5) is 4.74. The van der Waals surface area contributed by atoms with E-state index in [9.17, 15) is 5.11 Å². The van der Waals surface area contributed by atoms with Crippen LogP contribution in [0.4, 0.5) is 0 Å². The minimum Gasteiger partial charge on any atom is -0.368 e. The van der Waals surface area contributed by atoms with E-state index in [2.05, 4.69) is 5.16 Å². The molecule has 1 aliphatic heterocycles. The van der Waals surface area contributed by atoms with E-state index in [-0.39, 0.29) is 0 Å². The molecule has 0 bridgehead atoms. The molecule has 2 rings (SSSR count). The fourth-order valence-electron chi connectivity index (χ4n) is 1.41. The van der Waals surface area contributed by atoms with Crippen molar-refractivity contribution in [3.63, 3.8) is 0 Å². The lowest BCUT2D eigenvalue weighted by atomic mass is 10.1. The van der Waals surface area contributed by atoms with E-state index < -0.39 is 12.4 Å². The first-order valence-electron chi connectivity index (χ1n) is 4.33. The number of benzene rings is 1. The Bertz CT molecular complexity index is 336. The van der Waals surface area contributed by atoms with Gasteiger partial charge in [-0.15, -0.1) is 0 Å². The second-order valence-corrected chi connectivity index (χ2v) is 2.99. The minimum absolute atomic E-state index is 0.502. The fourth-order valence-corrected chi connectivity index (χ4v) is 1.41. The van der Waals surface area contributed by atoms with Gasteiger partial charge in [0.2, 0.25) is 0 Å². The average Bonchev–Trinajstić information content (AvgIpc) is 2.61. The Balaban J connectivity index is 2.28. The number of ether oxygens (including phenoxy) is 1. The van der Waals surface area contributed by atoms with Crippen molar-refractivity contribution < 1.29 is 14.7 Å². The third-order valence-corrected chi connectivity index (χ3v) is 2.11. The molecule has 0 spiro atoms. The summed E-state index contributed by atoms with van der Waals surface area (Å²) in [5, 5.41) is 13.1. The normalized spacial score (nSPS) is 25.7. The molecule has 0 aromatic heterocycles. The smallest absolute Gasteiger partial charge is 0.256 e. The van der Waals surface area contributed by atoms with Crippen LogP contribution in [0.5, 0.6) is 0 Å². The molecule has 1 aromatic rings. The molecule has 1 heterocycles. The van der Waals surface area contributed by atoms with Crippen LogP contribution in [0.2, 0.25) is 0 Å². The van der Waals surface area contributed by atoms with Gasteiger partial charge in [-0.25, -0.2) is 0 Å². The first kappa shape index (κ1) is 9.18. The summed E-state index contributed by atoms with van der Waals surface area (Å²) in [6.07, 6.45) is -1.51. The SMILES string of the molecule is CO[C@H]1C(c2ccccc2)=NO[C@@H]1O. The standard InChI is InChI=1S/C10H11NO3/c1-13-9-8(11-14-10(9)12)7-5-3-2-4-6-7/h2-6,9-10,12H,1H3/t9-,10-/m0/s1. The number of hydrogen-bond donors (Lipinski definition) is 1. The van der Waals surface area contributed by atoms with Gasteiger partial charge in [0.1, 0.15) is 5.71 Å². The van der Waals surface area contributed by atoms with E-state index in [4.69, 9.17) is 9.57 Å². The maximum Gasteiger partial charge on any atom is 0.256 e. The van der Waals surface area contributed by atoms with Gasteiger partial charge < -0.3 is 14.7 Å². The highest BCUT2D eigenvalue weighted by Gasteiger charge is 2.33. The van der Waals surface area contributed by atoms with Gasteiger partial charge in [0.15, 0.2) is 6.10 Å². The van der Waals surface area contributed by atoms with Crippen molar-refractivity contribution in [1.82, 2.24) is 0 Å². The van der Waals surface area contributed by atoms with Crippen molar-refractivity contribution in [3.05, 3.63) is 35.9 Å². The van der Waals surface area contributed by atoms with E-state index in [1.807, 2.05) is 30.3 Å². The largest absolute Gasteiger partial charge is 0.368 e. The monoisotopic (exact) mass is 193 g/mol. The zero-order valence-electron chi connectivity index (χ0n) is 7.75. The summed E-state index contributed by atoms with van der Waals surface area (Å²) >= 11 is 0. The van der Waals surface area contributed by atoms with Crippen molar-refractivity contribution in [3.8, 4) is 0 Å². The van der Waals surface area contributed by atoms with Crippen molar-refractivity contribution in [2.45, 2.75) is 12.4 Å². The molecule has 0 aliphatic carbocycles. The van der Waals surface area contributed by atoms with Gasteiger partial charge >= 0.3 is 0 Å². The fraction of sp³-hybridized carbons (Fsp3) is 0.300. The third-order valence-electron chi connectivity index (χ3n) is 2.11. The molecule has 0 saturated heterocycles. The average molecular weight is 193 g/mol. The van der Waals surface area contributed by atoms with Crippen LogP contribution in [-0.2, 0) is 9.57 Å². The summed E-state index contributed by atoms with van der Waals surface area (Å²) in [5.74, 6) is 0. The number of aliphatic hydroxyl groups excluding tert-OH is 1. The van der Waals surface area contributed by atoms with Gasteiger partial charge in [-0.05, 0) is 0 Å². The minimum atomic E-state index is -1.00. The summed E-state index contributed by atoms with van der Waals surface area (Å²) in [6.45, 7) is 0. The second kappa shape index (κ2) is 3.77. The Morgan fingerprint density at radius 2 is 2.07 bits per heavy atom. The van der Waals surface area contributed by atoms with E-state index in [0.717, 1.165) is 5.56 Å². The quantitative estimate of drug-likeness (QED) is 0.754. The number of rotatable bonds is 2. The molecule has 0 saturated carbocycles. The Kier molecular flexibility index (Phi) is 2.47. The maximum atomic E-state index is 9.36. The molecule has 0 fully saturated rings. The highest BCUT2D eigenvalue weighted by atomic mass is 16.7. The van der Waals surface area contributed by atoms with Crippen LogP contribution in [-0.4, -0.2) is 30.3 Å². The molecular weight excluding hydrogens is 182 g/mol. The topological polar surface area (TPSA) is 51.0 Å². The van der Waals surface area contributed by atoms with Crippen molar-refractivity contribution in [2.75, 3.05) is 7.11 Å². The van der Waals surface area contributed by atoms with Gasteiger partial charge in [-0.1, -0.05) is 35.5 Å². The van der Waals surface area contributed by atoms with Crippen LogP contribution in [0.3, 0.4) is 0 Å². The van der Waals surface area contributed by atoms with Crippen LogP contribution in [0.1, 0.15) is 5.56 Å². The molecule has 0 amide bonds. The molecule has 1 aliphatic rings. The summed E-state index contributed by atoms with van der Waals surface area (Å²) < 4.78 is 5.08. The number of nitrogens with zero attached hydrogens (tertiary/aromatic N) is 1. The van der Waals surface area contributed by atoms with Crippen molar-refractivity contribution in [2.24, 2.45) is 5.16 Å².